The van der Waals surface area contributed by atoms with Crippen molar-refractivity contribution in [2.75, 3.05) is 0 Å². The summed E-state index contributed by atoms with van der Waals surface area (Å²) in [5.74, 6) is -2.41. The molecule has 1 atom stereocenters. The molecule has 1 saturated carbocycles. The summed E-state index contributed by atoms with van der Waals surface area (Å²) in [5.41, 5.74) is 9.17. The number of imidazole rings is 1. The van der Waals surface area contributed by atoms with Crippen LogP contribution in [0.5, 0.6) is 0 Å². The number of aryl methyl sites for hydroxylation is 1. The number of carbonyl (C=O) groups is 1. The second-order valence-electron chi connectivity index (χ2n) is 9.86. The third-order valence-corrected chi connectivity index (χ3v) is 5.97. The lowest BCUT2D eigenvalue weighted by molar-refractivity contribution is 0.0544. The highest BCUT2D eigenvalue weighted by molar-refractivity contribution is 5.95. The molecule has 34 heavy (non-hydrogen) atoms. The number of nitrogens with one attached hydrogen (secondary N) is 1. The van der Waals surface area contributed by atoms with Crippen molar-refractivity contribution >= 4 is 28.2 Å². The van der Waals surface area contributed by atoms with Gasteiger partial charge in [0.1, 0.15) is 17.2 Å². The molecule has 0 aliphatic heterocycles. The van der Waals surface area contributed by atoms with E-state index in [1.54, 1.807) is 33.0 Å². The van der Waals surface area contributed by atoms with Crippen LogP contribution in [0.1, 0.15) is 67.6 Å². The van der Waals surface area contributed by atoms with Gasteiger partial charge in [-0.25, -0.2) is 19.2 Å². The molecular formula is C25H25FN6O2. The van der Waals surface area contributed by atoms with Crippen molar-refractivity contribution in [2.24, 2.45) is 5.73 Å². The molecule has 3 N–H and O–H groups in total. The molecule has 0 bridgehead atoms. The van der Waals surface area contributed by atoms with Gasteiger partial charge in [0.25, 0.3) is 0 Å². The minimum absolute atomic E-state index is 0.109. The molecule has 9 heteroatoms. The number of aromatic nitrogens is 4. The lowest BCUT2D eigenvalue weighted by atomic mass is 9.90. The normalized spacial score (nSPS) is 15.9. The van der Waals surface area contributed by atoms with Crippen molar-refractivity contribution in [3.05, 3.63) is 58.7 Å². The molecule has 0 radical (unpaired) electrons. The Bertz CT molecular complexity index is 1500. The maximum absolute atomic E-state index is 16.6. The third kappa shape index (κ3) is 3.60. The predicted molar refractivity (Wildman–Crippen MR) is 125 cm³/mol. The highest BCUT2D eigenvalue weighted by Crippen LogP contribution is 2.48. The molecule has 3 aromatic heterocycles. The van der Waals surface area contributed by atoms with E-state index in [-0.39, 0.29) is 17.3 Å². The highest BCUT2D eigenvalue weighted by atomic mass is 19.1. The Kier molecular flexibility index (Phi) is 4.78. The topological polar surface area (TPSA) is 123 Å². The first-order valence-electron chi connectivity index (χ1n) is 11.1. The van der Waals surface area contributed by atoms with Crippen molar-refractivity contribution in [1.82, 2.24) is 19.5 Å². The van der Waals surface area contributed by atoms with Crippen LogP contribution < -0.4 is 5.73 Å². The molecule has 4 aromatic rings. The van der Waals surface area contributed by atoms with Gasteiger partial charge in [-0.3, -0.25) is 10.3 Å². The van der Waals surface area contributed by atoms with Crippen molar-refractivity contribution < 1.29 is 13.9 Å². The van der Waals surface area contributed by atoms with E-state index in [1.165, 1.54) is 16.8 Å². The Hall–Kier alpha value is -3.77. The number of ether oxygens (including phenoxy) is 1. The lowest BCUT2D eigenvalue weighted by Crippen LogP contribution is -2.35. The molecule has 1 unspecified atom stereocenters. The molecule has 1 aliphatic rings. The van der Waals surface area contributed by atoms with Gasteiger partial charge >= 0.3 is 6.09 Å². The average Bonchev–Trinajstić information content (AvgIpc) is 3.35. The summed E-state index contributed by atoms with van der Waals surface area (Å²) in [6, 6.07) is 7.14. The number of alkyl halides is 1. The first-order chi connectivity index (χ1) is 16.0. The zero-order chi connectivity index (χ0) is 24.4. The van der Waals surface area contributed by atoms with Crippen LogP contribution in [-0.2, 0) is 10.5 Å². The Morgan fingerprint density at radius 2 is 2.09 bits per heavy atom. The molecule has 1 fully saturated rings. The van der Waals surface area contributed by atoms with Gasteiger partial charge in [0, 0.05) is 23.3 Å². The standard InChI is InChI=1S/C25H25FN6O2/c1-13-9-17(15-5-6-15)19(16-7-8-32(20(13)16)23(33)34-24(2,3)4)25(26,28)22-30-18-10-14(11-27)12-29-21(18)31-22/h7-10,12,15H,5-6,28H2,1-4H3,(H,29,30,31). The van der Waals surface area contributed by atoms with Gasteiger partial charge in [0.05, 0.1) is 11.1 Å². The zero-order valence-corrected chi connectivity index (χ0v) is 19.4. The Morgan fingerprint density at radius 3 is 2.74 bits per heavy atom. The molecule has 174 valence electrons. The van der Waals surface area contributed by atoms with Crippen molar-refractivity contribution in [1.29, 1.82) is 5.26 Å². The number of nitrogens with two attached hydrogens (primary N) is 1. The molecule has 1 aromatic carbocycles. The van der Waals surface area contributed by atoms with E-state index in [4.69, 9.17) is 15.7 Å². The fourth-order valence-corrected chi connectivity index (χ4v) is 4.40. The molecule has 0 saturated heterocycles. The number of hydrogen-bond donors (Lipinski definition) is 2. The summed E-state index contributed by atoms with van der Waals surface area (Å²) in [6.07, 6.45) is 4.30. The Morgan fingerprint density at radius 1 is 1.35 bits per heavy atom. The smallest absolute Gasteiger partial charge is 0.419 e. The number of benzene rings is 1. The number of carbonyl (C=O) groups excluding carboxylic acids is 1. The van der Waals surface area contributed by atoms with Crippen LogP contribution in [-0.4, -0.2) is 31.2 Å². The second-order valence-corrected chi connectivity index (χ2v) is 9.86. The number of halogens is 1. The molecule has 8 nitrogen and oxygen atoms in total. The number of aromatic amines is 1. The van der Waals surface area contributed by atoms with E-state index in [0.717, 1.165) is 24.0 Å². The van der Waals surface area contributed by atoms with E-state index >= 15 is 4.39 Å². The Labute approximate surface area is 195 Å². The van der Waals surface area contributed by atoms with Gasteiger partial charge in [0.15, 0.2) is 11.5 Å². The van der Waals surface area contributed by atoms with Crippen LogP contribution in [0.15, 0.2) is 30.6 Å². The van der Waals surface area contributed by atoms with Crippen LogP contribution in [0.25, 0.3) is 22.1 Å². The third-order valence-electron chi connectivity index (χ3n) is 5.97. The maximum Gasteiger partial charge on any atom is 0.419 e. The first-order valence-corrected chi connectivity index (χ1v) is 11.1. The summed E-state index contributed by atoms with van der Waals surface area (Å²) in [7, 11) is 0. The first kappa shape index (κ1) is 22.0. The number of nitrogens with zero attached hydrogens (tertiary/aromatic N) is 4. The van der Waals surface area contributed by atoms with Crippen molar-refractivity contribution in [2.45, 2.75) is 57.8 Å². The average molecular weight is 461 g/mol. The summed E-state index contributed by atoms with van der Waals surface area (Å²) in [4.78, 5) is 24.3. The lowest BCUT2D eigenvalue weighted by Gasteiger charge is -2.24. The van der Waals surface area contributed by atoms with Gasteiger partial charge < -0.3 is 9.72 Å². The number of rotatable bonds is 3. The van der Waals surface area contributed by atoms with Crippen LogP contribution in [0.2, 0.25) is 0 Å². The van der Waals surface area contributed by atoms with Crippen LogP contribution in [0.3, 0.4) is 0 Å². The molecule has 0 amide bonds. The number of fused-ring (bicyclic) bond motifs is 2. The van der Waals surface area contributed by atoms with Crippen LogP contribution >= 0.6 is 0 Å². The highest BCUT2D eigenvalue weighted by Gasteiger charge is 2.41. The molecular weight excluding hydrogens is 435 g/mol. The quantitative estimate of drug-likeness (QED) is 0.420. The van der Waals surface area contributed by atoms with Crippen LogP contribution in [0, 0.1) is 18.3 Å². The van der Waals surface area contributed by atoms with Gasteiger partial charge in [-0.2, -0.15) is 5.26 Å². The second kappa shape index (κ2) is 7.37. The SMILES string of the molecule is Cc1cc(C2CC2)c(C(N)(F)c2nc3cc(C#N)cnc3[nH]2)c2ccn(C(=O)OC(C)(C)C)c12. The maximum atomic E-state index is 16.6. The molecule has 1 aliphatic carbocycles. The zero-order valence-electron chi connectivity index (χ0n) is 19.4. The van der Waals surface area contributed by atoms with E-state index in [1.807, 2.05) is 19.1 Å². The van der Waals surface area contributed by atoms with Gasteiger partial charge in [-0.15, -0.1) is 0 Å². The minimum atomic E-state index is -2.49. The number of pyridine rings is 1. The summed E-state index contributed by atoms with van der Waals surface area (Å²) in [5, 5.41) is 9.67. The van der Waals surface area contributed by atoms with Gasteiger partial charge in [-0.05, 0) is 69.7 Å². The fraction of sp³-hybridized carbons (Fsp3) is 0.360. The summed E-state index contributed by atoms with van der Waals surface area (Å²) in [6.45, 7) is 7.27. The Balaban J connectivity index is 1.72. The predicted octanol–water partition coefficient (Wildman–Crippen LogP) is 4.88. The van der Waals surface area contributed by atoms with Crippen molar-refractivity contribution in [3.63, 3.8) is 0 Å². The summed E-state index contributed by atoms with van der Waals surface area (Å²) < 4.78 is 23.6. The number of hydrogen-bond acceptors (Lipinski definition) is 6. The fourth-order valence-electron chi connectivity index (χ4n) is 4.40. The van der Waals surface area contributed by atoms with Gasteiger partial charge in [-0.1, -0.05) is 6.07 Å². The minimum Gasteiger partial charge on any atom is -0.443 e. The number of nitriles is 1. The van der Waals surface area contributed by atoms with E-state index in [0.29, 0.717) is 27.6 Å². The largest absolute Gasteiger partial charge is 0.443 e. The molecule has 5 rings (SSSR count). The van der Waals surface area contributed by atoms with E-state index in [9.17, 15) is 4.79 Å². The number of H-pyrrole nitrogens is 1. The summed E-state index contributed by atoms with van der Waals surface area (Å²) >= 11 is 0. The molecule has 0 spiro atoms. The monoisotopic (exact) mass is 460 g/mol. The van der Waals surface area contributed by atoms with E-state index in [2.05, 4.69) is 15.0 Å². The van der Waals surface area contributed by atoms with Crippen LogP contribution in [0.4, 0.5) is 9.18 Å². The van der Waals surface area contributed by atoms with Crippen molar-refractivity contribution in [3.8, 4) is 6.07 Å². The van der Waals surface area contributed by atoms with E-state index < -0.39 is 17.5 Å². The molecule has 3 heterocycles. The van der Waals surface area contributed by atoms with Gasteiger partial charge in [0.2, 0.25) is 5.79 Å².